The molecule has 1 amide bonds. The summed E-state index contributed by atoms with van der Waals surface area (Å²) < 4.78 is 0. The van der Waals surface area contributed by atoms with E-state index in [1.807, 2.05) is 24.5 Å². The fraction of sp³-hybridized carbons (Fsp3) is 0.125. The molecule has 64 valence electrons. The van der Waals surface area contributed by atoms with E-state index in [-0.39, 0.29) is 5.91 Å². The van der Waals surface area contributed by atoms with E-state index in [1.54, 1.807) is 17.4 Å². The predicted octanol–water partition coefficient (Wildman–Crippen LogP) is 1.06. The van der Waals surface area contributed by atoms with Crippen LogP contribution < -0.4 is 11.3 Å². The molecule has 0 aliphatic rings. The number of aryl methyl sites for hydroxylation is 1. The van der Waals surface area contributed by atoms with Crippen LogP contribution in [0.5, 0.6) is 0 Å². The van der Waals surface area contributed by atoms with Crippen LogP contribution in [0.2, 0.25) is 0 Å². The van der Waals surface area contributed by atoms with E-state index < -0.39 is 0 Å². The average Bonchev–Trinajstić information content (AvgIpc) is 2.47. The Morgan fingerprint density at radius 2 is 2.42 bits per heavy atom. The van der Waals surface area contributed by atoms with Crippen molar-refractivity contribution in [1.82, 2.24) is 5.43 Å². The standard InChI is InChI=1S/C8H10N2OS/c1-6-2-3-7(12-6)4-5-8(11)10-9/h2-5H,9H2,1H3,(H,10,11)/b5-4+. The molecule has 3 nitrogen and oxygen atoms in total. The Bertz CT molecular complexity index is 304. The largest absolute Gasteiger partial charge is 0.291 e. The Morgan fingerprint density at radius 3 is 2.92 bits per heavy atom. The van der Waals surface area contributed by atoms with Crippen molar-refractivity contribution < 1.29 is 4.79 Å². The molecule has 0 spiro atoms. The quantitative estimate of drug-likeness (QED) is 0.311. The fourth-order valence-corrected chi connectivity index (χ4v) is 1.53. The minimum atomic E-state index is -0.291. The van der Waals surface area contributed by atoms with Gasteiger partial charge in [0.15, 0.2) is 0 Å². The number of rotatable bonds is 2. The molecule has 0 saturated carbocycles. The smallest absolute Gasteiger partial charge is 0.257 e. The van der Waals surface area contributed by atoms with Crippen LogP contribution in [0.4, 0.5) is 0 Å². The van der Waals surface area contributed by atoms with Crippen molar-refractivity contribution in [3.05, 3.63) is 28.0 Å². The number of carbonyl (C=O) groups is 1. The van der Waals surface area contributed by atoms with Crippen molar-refractivity contribution in [2.24, 2.45) is 5.84 Å². The first-order chi connectivity index (χ1) is 5.72. The van der Waals surface area contributed by atoms with Gasteiger partial charge in [-0.05, 0) is 25.1 Å². The van der Waals surface area contributed by atoms with E-state index in [4.69, 9.17) is 5.84 Å². The van der Waals surface area contributed by atoms with Crippen molar-refractivity contribution in [3.8, 4) is 0 Å². The number of amides is 1. The second-order valence-corrected chi connectivity index (χ2v) is 3.61. The Labute approximate surface area is 74.9 Å². The van der Waals surface area contributed by atoms with Gasteiger partial charge < -0.3 is 0 Å². The third kappa shape index (κ3) is 2.48. The molecular weight excluding hydrogens is 172 g/mol. The number of thiophene rings is 1. The fourth-order valence-electron chi connectivity index (χ4n) is 0.749. The van der Waals surface area contributed by atoms with Crippen LogP contribution in [0, 0.1) is 6.92 Å². The molecule has 1 heterocycles. The van der Waals surface area contributed by atoms with Crippen molar-refractivity contribution >= 4 is 23.3 Å². The highest BCUT2D eigenvalue weighted by molar-refractivity contribution is 7.12. The van der Waals surface area contributed by atoms with Gasteiger partial charge in [-0.25, -0.2) is 5.84 Å². The van der Waals surface area contributed by atoms with E-state index >= 15 is 0 Å². The zero-order valence-corrected chi connectivity index (χ0v) is 7.52. The molecule has 0 aromatic carbocycles. The molecule has 1 aromatic heterocycles. The molecule has 0 bridgehead atoms. The summed E-state index contributed by atoms with van der Waals surface area (Å²) in [5.74, 6) is 4.60. The van der Waals surface area contributed by atoms with E-state index in [1.165, 1.54) is 11.0 Å². The van der Waals surface area contributed by atoms with E-state index in [2.05, 4.69) is 0 Å². The molecule has 0 atom stereocenters. The van der Waals surface area contributed by atoms with Gasteiger partial charge in [-0.2, -0.15) is 0 Å². The summed E-state index contributed by atoms with van der Waals surface area (Å²) in [6, 6.07) is 3.96. The normalized spacial score (nSPS) is 10.5. The third-order valence-corrected chi connectivity index (χ3v) is 2.27. The number of hydrazine groups is 1. The molecule has 1 aromatic rings. The van der Waals surface area contributed by atoms with Gasteiger partial charge in [-0.3, -0.25) is 10.2 Å². The second-order valence-electron chi connectivity index (χ2n) is 2.29. The highest BCUT2D eigenvalue weighted by atomic mass is 32.1. The summed E-state index contributed by atoms with van der Waals surface area (Å²) >= 11 is 1.63. The van der Waals surface area contributed by atoms with E-state index in [0.717, 1.165) is 4.88 Å². The third-order valence-electron chi connectivity index (χ3n) is 1.30. The molecule has 0 aliphatic carbocycles. The minimum absolute atomic E-state index is 0.291. The Balaban J connectivity index is 2.63. The maximum Gasteiger partial charge on any atom is 0.257 e. The Hall–Kier alpha value is -1.13. The van der Waals surface area contributed by atoms with Crippen LogP contribution >= 0.6 is 11.3 Å². The maximum atomic E-state index is 10.7. The molecule has 12 heavy (non-hydrogen) atoms. The number of nitrogens with two attached hydrogens (primary N) is 1. The Kier molecular flexibility index (Phi) is 3.01. The molecule has 0 aliphatic heterocycles. The van der Waals surface area contributed by atoms with Crippen LogP contribution in [-0.4, -0.2) is 5.91 Å². The van der Waals surface area contributed by atoms with Crippen LogP contribution in [0.1, 0.15) is 9.75 Å². The van der Waals surface area contributed by atoms with Gasteiger partial charge >= 0.3 is 0 Å². The lowest BCUT2D eigenvalue weighted by Crippen LogP contribution is -2.27. The molecule has 3 N–H and O–H groups in total. The second kappa shape index (κ2) is 4.04. The first-order valence-electron chi connectivity index (χ1n) is 3.47. The zero-order valence-electron chi connectivity index (χ0n) is 6.70. The van der Waals surface area contributed by atoms with Crippen LogP contribution in [0.25, 0.3) is 6.08 Å². The summed E-state index contributed by atoms with van der Waals surface area (Å²) in [6.45, 7) is 2.02. The van der Waals surface area contributed by atoms with Crippen molar-refractivity contribution in [3.63, 3.8) is 0 Å². The van der Waals surface area contributed by atoms with Crippen molar-refractivity contribution in [2.75, 3.05) is 0 Å². The summed E-state index contributed by atoms with van der Waals surface area (Å²) in [4.78, 5) is 13.0. The number of hydrogen-bond acceptors (Lipinski definition) is 3. The van der Waals surface area contributed by atoms with Gasteiger partial charge in [0, 0.05) is 15.8 Å². The predicted molar refractivity (Wildman–Crippen MR) is 50.4 cm³/mol. The lowest BCUT2D eigenvalue weighted by Gasteiger charge is -1.87. The van der Waals surface area contributed by atoms with E-state index in [0.29, 0.717) is 0 Å². The molecule has 1 rings (SSSR count). The average molecular weight is 182 g/mol. The summed E-state index contributed by atoms with van der Waals surface area (Å²) in [6.07, 6.45) is 3.14. The lowest BCUT2D eigenvalue weighted by atomic mass is 10.4. The minimum Gasteiger partial charge on any atom is -0.291 e. The van der Waals surface area contributed by atoms with Gasteiger partial charge in [-0.15, -0.1) is 11.3 Å². The molecule has 0 saturated heterocycles. The molecule has 0 unspecified atom stereocenters. The highest BCUT2D eigenvalue weighted by Crippen LogP contribution is 2.15. The van der Waals surface area contributed by atoms with Crippen LogP contribution in [-0.2, 0) is 4.79 Å². The molecule has 0 radical (unpaired) electrons. The molecular formula is C8H10N2OS. The van der Waals surface area contributed by atoms with Gasteiger partial charge in [0.05, 0.1) is 0 Å². The Morgan fingerprint density at radius 1 is 1.67 bits per heavy atom. The van der Waals surface area contributed by atoms with Gasteiger partial charge in [-0.1, -0.05) is 0 Å². The maximum absolute atomic E-state index is 10.7. The summed E-state index contributed by atoms with van der Waals surface area (Å²) in [7, 11) is 0. The summed E-state index contributed by atoms with van der Waals surface area (Å²) in [5, 5.41) is 0. The molecule has 4 heteroatoms. The van der Waals surface area contributed by atoms with Gasteiger partial charge in [0.25, 0.3) is 5.91 Å². The molecule has 0 fully saturated rings. The van der Waals surface area contributed by atoms with Crippen LogP contribution in [0.15, 0.2) is 18.2 Å². The number of nitrogens with one attached hydrogen (secondary N) is 1. The number of hydrogen-bond donors (Lipinski definition) is 2. The van der Waals surface area contributed by atoms with Crippen LogP contribution in [0.3, 0.4) is 0 Å². The SMILES string of the molecule is Cc1ccc(/C=C/C(=O)NN)s1. The van der Waals surface area contributed by atoms with Gasteiger partial charge in [0.1, 0.15) is 0 Å². The topological polar surface area (TPSA) is 55.1 Å². The van der Waals surface area contributed by atoms with Crippen molar-refractivity contribution in [2.45, 2.75) is 6.92 Å². The van der Waals surface area contributed by atoms with Crippen molar-refractivity contribution in [1.29, 1.82) is 0 Å². The lowest BCUT2D eigenvalue weighted by molar-refractivity contribution is -0.116. The monoisotopic (exact) mass is 182 g/mol. The van der Waals surface area contributed by atoms with Gasteiger partial charge in [0.2, 0.25) is 0 Å². The first kappa shape index (κ1) is 8.96. The highest BCUT2D eigenvalue weighted by Gasteiger charge is 1.92. The zero-order chi connectivity index (χ0) is 8.97. The number of carbonyl (C=O) groups excluding carboxylic acids is 1. The summed E-state index contributed by atoms with van der Waals surface area (Å²) in [5.41, 5.74) is 2.02. The first-order valence-corrected chi connectivity index (χ1v) is 4.29. The van der Waals surface area contributed by atoms with E-state index in [9.17, 15) is 4.79 Å².